The molecule has 0 bridgehead atoms. The van der Waals surface area contributed by atoms with Crippen molar-refractivity contribution in [3.63, 3.8) is 0 Å². The lowest BCUT2D eigenvalue weighted by atomic mass is 10.1. The number of hydrogen-bond donors (Lipinski definition) is 2. The largest absolute Gasteiger partial charge is 0.478 e. The molecule has 1 heterocycles. The number of aromatic nitrogens is 1. The van der Waals surface area contributed by atoms with Crippen LogP contribution >= 0.6 is 0 Å². The van der Waals surface area contributed by atoms with Crippen molar-refractivity contribution >= 4 is 22.6 Å². The number of fused-ring (bicyclic) bond motifs is 1. The molecule has 5 nitrogen and oxygen atoms in total. The molecule has 0 spiro atoms. The average molecular weight is 274 g/mol. The summed E-state index contributed by atoms with van der Waals surface area (Å²) in [5, 5.41) is 13.9. The van der Waals surface area contributed by atoms with Gasteiger partial charge in [0, 0.05) is 30.6 Å². The molecule has 106 valence electrons. The molecule has 0 saturated carbocycles. The van der Waals surface area contributed by atoms with Crippen LogP contribution in [0.4, 0.5) is 5.82 Å². The first-order chi connectivity index (χ1) is 9.63. The standard InChI is InChI=1S/C15H18N2O3/c1-10(9-20-2)7-16-14-12-6-4-3-5-11(12)13(8-17-14)15(18)19/h3-6,8,10H,7,9H2,1-2H3,(H,16,17)(H,18,19). The normalized spacial score (nSPS) is 12.3. The number of hydrogen-bond acceptors (Lipinski definition) is 4. The van der Waals surface area contributed by atoms with Gasteiger partial charge in [-0.3, -0.25) is 0 Å². The molecule has 1 unspecified atom stereocenters. The number of nitrogens with one attached hydrogen (secondary N) is 1. The molecule has 2 N–H and O–H groups in total. The second-order valence-corrected chi connectivity index (χ2v) is 4.81. The molecule has 2 aromatic rings. The van der Waals surface area contributed by atoms with Crippen molar-refractivity contribution in [1.82, 2.24) is 4.98 Å². The third kappa shape index (κ3) is 3.05. The molecule has 20 heavy (non-hydrogen) atoms. The SMILES string of the molecule is COCC(C)CNc1ncc(C(=O)O)c2ccccc12. The summed E-state index contributed by atoms with van der Waals surface area (Å²) in [7, 11) is 1.67. The molecule has 0 radical (unpaired) electrons. The van der Waals surface area contributed by atoms with E-state index in [-0.39, 0.29) is 5.56 Å². The summed E-state index contributed by atoms with van der Waals surface area (Å²) in [5.74, 6) is 0.0845. The van der Waals surface area contributed by atoms with Crippen LogP contribution in [-0.4, -0.2) is 36.3 Å². The Kier molecular flexibility index (Phi) is 4.53. The van der Waals surface area contributed by atoms with E-state index in [1.807, 2.05) is 18.2 Å². The van der Waals surface area contributed by atoms with Crippen LogP contribution in [0, 0.1) is 5.92 Å². The van der Waals surface area contributed by atoms with E-state index < -0.39 is 5.97 Å². The highest BCUT2D eigenvalue weighted by Crippen LogP contribution is 2.24. The number of carbonyl (C=O) groups is 1. The molecule has 0 aliphatic carbocycles. The van der Waals surface area contributed by atoms with Gasteiger partial charge in [0.15, 0.2) is 0 Å². The molecule has 1 aromatic carbocycles. The summed E-state index contributed by atoms with van der Waals surface area (Å²) in [5.41, 5.74) is 0.219. The van der Waals surface area contributed by atoms with Gasteiger partial charge in [-0.1, -0.05) is 31.2 Å². The maximum absolute atomic E-state index is 11.2. The van der Waals surface area contributed by atoms with Gasteiger partial charge in [0.25, 0.3) is 0 Å². The smallest absolute Gasteiger partial charge is 0.337 e. The topological polar surface area (TPSA) is 71.5 Å². The maximum Gasteiger partial charge on any atom is 0.337 e. The van der Waals surface area contributed by atoms with Gasteiger partial charge in [0.05, 0.1) is 12.2 Å². The zero-order valence-electron chi connectivity index (χ0n) is 11.6. The Balaban J connectivity index is 2.31. The Bertz CT molecular complexity index is 613. The second kappa shape index (κ2) is 6.34. The highest BCUT2D eigenvalue weighted by atomic mass is 16.5. The van der Waals surface area contributed by atoms with E-state index in [1.165, 1.54) is 6.20 Å². The summed E-state index contributed by atoms with van der Waals surface area (Å²) in [6, 6.07) is 7.37. The lowest BCUT2D eigenvalue weighted by Crippen LogP contribution is -2.16. The van der Waals surface area contributed by atoms with Gasteiger partial charge >= 0.3 is 5.97 Å². The van der Waals surface area contributed by atoms with Crippen LogP contribution in [0.25, 0.3) is 10.8 Å². The number of ether oxygens (including phenoxy) is 1. The second-order valence-electron chi connectivity index (χ2n) is 4.81. The van der Waals surface area contributed by atoms with Crippen molar-refractivity contribution in [1.29, 1.82) is 0 Å². The van der Waals surface area contributed by atoms with Crippen molar-refractivity contribution < 1.29 is 14.6 Å². The Morgan fingerprint density at radius 3 is 2.75 bits per heavy atom. The molecule has 0 amide bonds. The minimum atomic E-state index is -0.965. The fourth-order valence-corrected chi connectivity index (χ4v) is 2.12. The van der Waals surface area contributed by atoms with E-state index in [0.717, 1.165) is 11.9 Å². The van der Waals surface area contributed by atoms with Gasteiger partial charge in [-0.2, -0.15) is 0 Å². The van der Waals surface area contributed by atoms with Crippen LogP contribution in [0.5, 0.6) is 0 Å². The molecule has 0 saturated heterocycles. The molecular weight excluding hydrogens is 256 g/mol. The molecule has 2 rings (SSSR count). The predicted octanol–water partition coefficient (Wildman–Crippen LogP) is 2.63. The predicted molar refractivity (Wildman–Crippen MR) is 78.2 cm³/mol. The van der Waals surface area contributed by atoms with Crippen LogP contribution in [0.2, 0.25) is 0 Å². The first kappa shape index (κ1) is 14.3. The first-order valence-electron chi connectivity index (χ1n) is 6.47. The first-order valence-corrected chi connectivity index (χ1v) is 6.47. The van der Waals surface area contributed by atoms with Gasteiger partial charge < -0.3 is 15.2 Å². The third-order valence-corrected chi connectivity index (χ3v) is 3.09. The van der Waals surface area contributed by atoms with E-state index in [1.54, 1.807) is 13.2 Å². The number of carboxylic acids is 1. The van der Waals surface area contributed by atoms with E-state index in [0.29, 0.717) is 23.7 Å². The van der Waals surface area contributed by atoms with Gasteiger partial charge in [0.2, 0.25) is 0 Å². The number of benzene rings is 1. The van der Waals surface area contributed by atoms with Gasteiger partial charge in [0.1, 0.15) is 5.82 Å². The van der Waals surface area contributed by atoms with Crippen molar-refractivity contribution in [2.45, 2.75) is 6.92 Å². The minimum absolute atomic E-state index is 0.219. The lowest BCUT2D eigenvalue weighted by Gasteiger charge is -2.14. The van der Waals surface area contributed by atoms with Crippen molar-refractivity contribution in [2.24, 2.45) is 5.92 Å². The molecular formula is C15H18N2O3. The third-order valence-electron chi connectivity index (χ3n) is 3.09. The molecule has 1 atom stereocenters. The van der Waals surface area contributed by atoms with Gasteiger partial charge in [-0.15, -0.1) is 0 Å². The highest BCUT2D eigenvalue weighted by Gasteiger charge is 2.12. The average Bonchev–Trinajstić information content (AvgIpc) is 2.44. The van der Waals surface area contributed by atoms with Crippen LogP contribution in [-0.2, 0) is 4.74 Å². The zero-order valence-corrected chi connectivity index (χ0v) is 11.6. The van der Waals surface area contributed by atoms with E-state index in [4.69, 9.17) is 4.74 Å². The summed E-state index contributed by atoms with van der Waals surface area (Å²) in [4.78, 5) is 15.4. The number of anilines is 1. The van der Waals surface area contributed by atoms with E-state index >= 15 is 0 Å². The van der Waals surface area contributed by atoms with Crippen molar-refractivity contribution in [2.75, 3.05) is 25.6 Å². The Hall–Kier alpha value is -2.14. The maximum atomic E-state index is 11.2. The number of carboxylic acid groups (broad SMARTS) is 1. The van der Waals surface area contributed by atoms with Crippen molar-refractivity contribution in [3.8, 4) is 0 Å². The fourth-order valence-electron chi connectivity index (χ4n) is 2.12. The fraction of sp³-hybridized carbons (Fsp3) is 0.333. The monoisotopic (exact) mass is 274 g/mol. The van der Waals surface area contributed by atoms with Crippen LogP contribution in [0.1, 0.15) is 17.3 Å². The van der Waals surface area contributed by atoms with E-state index in [2.05, 4.69) is 17.2 Å². The Labute approximate surface area is 117 Å². The van der Waals surface area contributed by atoms with Gasteiger partial charge in [-0.05, 0) is 5.92 Å². The molecule has 0 fully saturated rings. The molecule has 1 aromatic heterocycles. The minimum Gasteiger partial charge on any atom is -0.478 e. The number of rotatable bonds is 6. The summed E-state index contributed by atoms with van der Waals surface area (Å²) in [6.07, 6.45) is 1.40. The van der Waals surface area contributed by atoms with Crippen LogP contribution in [0.15, 0.2) is 30.5 Å². The summed E-state index contributed by atoms with van der Waals surface area (Å²) < 4.78 is 5.09. The summed E-state index contributed by atoms with van der Waals surface area (Å²) >= 11 is 0. The number of nitrogens with zero attached hydrogens (tertiary/aromatic N) is 1. The van der Waals surface area contributed by atoms with Crippen molar-refractivity contribution in [3.05, 3.63) is 36.0 Å². The van der Waals surface area contributed by atoms with Crippen LogP contribution < -0.4 is 5.32 Å². The molecule has 0 aliphatic rings. The number of pyridine rings is 1. The summed E-state index contributed by atoms with van der Waals surface area (Å²) in [6.45, 7) is 3.46. The highest BCUT2D eigenvalue weighted by molar-refractivity contribution is 6.06. The lowest BCUT2D eigenvalue weighted by molar-refractivity contribution is 0.0698. The zero-order chi connectivity index (χ0) is 14.5. The van der Waals surface area contributed by atoms with Crippen LogP contribution in [0.3, 0.4) is 0 Å². The number of methoxy groups -OCH3 is 1. The Morgan fingerprint density at radius 1 is 1.40 bits per heavy atom. The number of aromatic carboxylic acids is 1. The van der Waals surface area contributed by atoms with Gasteiger partial charge in [-0.25, -0.2) is 9.78 Å². The molecule has 0 aliphatic heterocycles. The quantitative estimate of drug-likeness (QED) is 0.847. The van der Waals surface area contributed by atoms with E-state index in [9.17, 15) is 9.90 Å². The Morgan fingerprint density at radius 2 is 2.10 bits per heavy atom. The molecule has 5 heteroatoms.